The van der Waals surface area contributed by atoms with E-state index in [0.29, 0.717) is 11.5 Å². The third-order valence-electron chi connectivity index (χ3n) is 5.09. The standard InChI is InChI=1S/C20H22N6O2/c21-20(25-22)26-10-6-15(7-11-26)24-19(27)14-3-1-13(2-4-14)18-16-8-12-28-17(16)5-9-23-18/h1-5,8-9,12,15H,6-7,10-11,22H2,(H2,21,25)(H,24,27). The molecular weight excluding hydrogens is 356 g/mol. The predicted molar refractivity (Wildman–Crippen MR) is 107 cm³/mol. The molecule has 8 heteroatoms. The number of hydrogen-bond acceptors (Lipinski definition) is 5. The molecule has 2 aromatic heterocycles. The first kappa shape index (κ1) is 17.8. The normalized spacial score (nSPS) is 15.7. The third-order valence-corrected chi connectivity index (χ3v) is 5.09. The number of likely N-dealkylation sites (tertiary alicyclic amines) is 1. The van der Waals surface area contributed by atoms with Gasteiger partial charge in [0.1, 0.15) is 5.58 Å². The smallest absolute Gasteiger partial charge is 0.251 e. The lowest BCUT2D eigenvalue weighted by molar-refractivity contribution is 0.0922. The first-order chi connectivity index (χ1) is 13.7. The number of aromatic nitrogens is 1. The number of fused-ring (bicyclic) bond motifs is 1. The van der Waals surface area contributed by atoms with E-state index in [1.165, 1.54) is 0 Å². The van der Waals surface area contributed by atoms with Crippen molar-refractivity contribution in [3.63, 3.8) is 0 Å². The molecule has 5 N–H and O–H groups in total. The van der Waals surface area contributed by atoms with Crippen molar-refractivity contribution in [1.29, 1.82) is 0 Å². The Labute approximate surface area is 162 Å². The fourth-order valence-corrected chi connectivity index (χ4v) is 3.51. The van der Waals surface area contributed by atoms with Crippen LogP contribution in [0.4, 0.5) is 0 Å². The van der Waals surface area contributed by atoms with E-state index < -0.39 is 0 Å². The number of amides is 1. The van der Waals surface area contributed by atoms with Crippen LogP contribution in [-0.2, 0) is 0 Å². The Morgan fingerprint density at radius 2 is 1.93 bits per heavy atom. The molecule has 0 bridgehead atoms. The Balaban J connectivity index is 1.42. The molecule has 1 amide bonds. The summed E-state index contributed by atoms with van der Waals surface area (Å²) in [5.41, 5.74) is 8.91. The van der Waals surface area contributed by atoms with Gasteiger partial charge in [-0.2, -0.15) is 0 Å². The van der Waals surface area contributed by atoms with Gasteiger partial charge in [0, 0.05) is 41.8 Å². The average molecular weight is 378 g/mol. The van der Waals surface area contributed by atoms with E-state index >= 15 is 0 Å². The molecule has 0 aliphatic carbocycles. The molecule has 3 aromatic rings. The summed E-state index contributed by atoms with van der Waals surface area (Å²) in [5, 5.41) is 7.56. The van der Waals surface area contributed by atoms with Crippen molar-refractivity contribution in [2.24, 2.45) is 16.7 Å². The number of furan rings is 1. The molecular formula is C20H22N6O2. The van der Waals surface area contributed by atoms with Crippen LogP contribution in [0, 0.1) is 0 Å². The molecule has 0 unspecified atom stereocenters. The number of hydrogen-bond donors (Lipinski definition) is 3. The van der Waals surface area contributed by atoms with Crippen molar-refractivity contribution in [2.45, 2.75) is 18.9 Å². The number of carbonyl (C=O) groups excluding carboxylic acids is 1. The van der Waals surface area contributed by atoms with Gasteiger partial charge in [-0.3, -0.25) is 9.78 Å². The molecule has 1 aliphatic heterocycles. The number of carbonyl (C=O) groups is 1. The first-order valence-corrected chi connectivity index (χ1v) is 9.17. The van der Waals surface area contributed by atoms with E-state index in [9.17, 15) is 4.79 Å². The molecule has 4 rings (SSSR count). The topological polar surface area (TPSA) is 123 Å². The lowest BCUT2D eigenvalue weighted by atomic mass is 10.0. The second kappa shape index (κ2) is 7.59. The molecule has 8 nitrogen and oxygen atoms in total. The number of hydrazone groups is 1. The van der Waals surface area contributed by atoms with E-state index in [1.54, 1.807) is 12.5 Å². The summed E-state index contributed by atoms with van der Waals surface area (Å²) in [6.45, 7) is 1.44. The maximum Gasteiger partial charge on any atom is 0.251 e. The number of nitrogens with one attached hydrogen (secondary N) is 1. The summed E-state index contributed by atoms with van der Waals surface area (Å²) >= 11 is 0. The maximum atomic E-state index is 12.6. The summed E-state index contributed by atoms with van der Waals surface area (Å²) in [4.78, 5) is 18.9. The largest absolute Gasteiger partial charge is 0.464 e. The minimum atomic E-state index is -0.0834. The Hall–Kier alpha value is -3.55. The SMILES string of the molecule is N/N=C(\N)N1CCC(NC(=O)c2ccc(-c3nccc4occc34)cc2)CC1. The van der Waals surface area contributed by atoms with Crippen LogP contribution in [0.1, 0.15) is 23.2 Å². The Bertz CT molecular complexity index is 1000. The van der Waals surface area contributed by atoms with Gasteiger partial charge in [0.15, 0.2) is 0 Å². The highest BCUT2D eigenvalue weighted by molar-refractivity contribution is 5.96. The van der Waals surface area contributed by atoms with Crippen LogP contribution in [0.15, 0.2) is 58.4 Å². The van der Waals surface area contributed by atoms with Crippen molar-refractivity contribution in [3.8, 4) is 11.3 Å². The van der Waals surface area contributed by atoms with Crippen molar-refractivity contribution in [1.82, 2.24) is 15.2 Å². The van der Waals surface area contributed by atoms with Crippen LogP contribution >= 0.6 is 0 Å². The number of piperidine rings is 1. The highest BCUT2D eigenvalue weighted by atomic mass is 16.3. The highest BCUT2D eigenvalue weighted by Crippen LogP contribution is 2.27. The molecule has 0 radical (unpaired) electrons. The number of benzene rings is 1. The summed E-state index contributed by atoms with van der Waals surface area (Å²) < 4.78 is 5.43. The number of nitrogens with two attached hydrogens (primary N) is 2. The van der Waals surface area contributed by atoms with Gasteiger partial charge < -0.3 is 26.2 Å². The molecule has 1 saturated heterocycles. The summed E-state index contributed by atoms with van der Waals surface area (Å²) in [6, 6.07) is 11.3. The van der Waals surface area contributed by atoms with Gasteiger partial charge in [0.05, 0.1) is 12.0 Å². The molecule has 1 aromatic carbocycles. The molecule has 3 heterocycles. The van der Waals surface area contributed by atoms with E-state index in [4.69, 9.17) is 16.0 Å². The van der Waals surface area contributed by atoms with Gasteiger partial charge in [0.2, 0.25) is 5.96 Å². The third kappa shape index (κ3) is 3.48. The van der Waals surface area contributed by atoms with Crippen LogP contribution in [0.2, 0.25) is 0 Å². The molecule has 0 atom stereocenters. The maximum absolute atomic E-state index is 12.6. The first-order valence-electron chi connectivity index (χ1n) is 9.17. The van der Waals surface area contributed by atoms with Crippen LogP contribution in [0.25, 0.3) is 22.2 Å². The quantitative estimate of drug-likeness (QED) is 0.277. The molecule has 0 saturated carbocycles. The number of nitrogens with zero attached hydrogens (tertiary/aromatic N) is 3. The molecule has 0 spiro atoms. The summed E-state index contributed by atoms with van der Waals surface area (Å²) in [5.74, 6) is 5.47. The van der Waals surface area contributed by atoms with Crippen LogP contribution < -0.4 is 16.9 Å². The van der Waals surface area contributed by atoms with E-state index in [2.05, 4.69) is 15.4 Å². The highest BCUT2D eigenvalue weighted by Gasteiger charge is 2.22. The van der Waals surface area contributed by atoms with Gasteiger partial charge in [0.25, 0.3) is 5.91 Å². The Morgan fingerprint density at radius 1 is 1.18 bits per heavy atom. The van der Waals surface area contributed by atoms with Crippen molar-refractivity contribution >= 4 is 22.8 Å². The van der Waals surface area contributed by atoms with Crippen molar-refractivity contribution < 1.29 is 9.21 Å². The van der Waals surface area contributed by atoms with Crippen LogP contribution in [0.5, 0.6) is 0 Å². The minimum Gasteiger partial charge on any atom is -0.464 e. The zero-order valence-corrected chi connectivity index (χ0v) is 15.3. The van der Waals surface area contributed by atoms with Gasteiger partial charge in [-0.15, -0.1) is 5.10 Å². The fraction of sp³-hybridized carbons (Fsp3) is 0.250. The predicted octanol–water partition coefficient (Wildman–Crippen LogP) is 1.88. The van der Waals surface area contributed by atoms with Gasteiger partial charge in [-0.1, -0.05) is 12.1 Å². The second-order valence-electron chi connectivity index (χ2n) is 6.79. The van der Waals surface area contributed by atoms with Gasteiger partial charge in [-0.25, -0.2) is 0 Å². The van der Waals surface area contributed by atoms with Gasteiger partial charge >= 0.3 is 0 Å². The summed E-state index contributed by atoms with van der Waals surface area (Å²) in [7, 11) is 0. The van der Waals surface area contributed by atoms with E-state index in [0.717, 1.165) is 48.2 Å². The zero-order chi connectivity index (χ0) is 19.5. The van der Waals surface area contributed by atoms with Crippen LogP contribution in [-0.4, -0.2) is 40.9 Å². The Kier molecular flexibility index (Phi) is 4.84. The van der Waals surface area contributed by atoms with Gasteiger partial charge in [-0.05, 0) is 37.1 Å². The number of pyridine rings is 1. The van der Waals surface area contributed by atoms with Crippen LogP contribution in [0.3, 0.4) is 0 Å². The molecule has 1 fully saturated rings. The Morgan fingerprint density at radius 3 is 2.64 bits per heavy atom. The zero-order valence-electron chi connectivity index (χ0n) is 15.3. The monoisotopic (exact) mass is 378 g/mol. The molecule has 144 valence electrons. The lowest BCUT2D eigenvalue weighted by Gasteiger charge is -2.32. The van der Waals surface area contributed by atoms with E-state index in [1.807, 2.05) is 41.3 Å². The number of guanidine groups is 1. The fourth-order valence-electron chi connectivity index (χ4n) is 3.51. The van der Waals surface area contributed by atoms with E-state index in [-0.39, 0.29) is 11.9 Å². The van der Waals surface area contributed by atoms with Crippen molar-refractivity contribution in [3.05, 3.63) is 54.4 Å². The molecule has 28 heavy (non-hydrogen) atoms. The van der Waals surface area contributed by atoms with Crippen molar-refractivity contribution in [2.75, 3.05) is 13.1 Å². The average Bonchev–Trinajstić information content (AvgIpc) is 3.23. The summed E-state index contributed by atoms with van der Waals surface area (Å²) in [6.07, 6.45) is 4.96. The minimum absolute atomic E-state index is 0.0834. The lowest BCUT2D eigenvalue weighted by Crippen LogP contribution is -2.49. The second-order valence-corrected chi connectivity index (χ2v) is 6.79. The molecule has 1 aliphatic rings. The number of rotatable bonds is 3.